The van der Waals surface area contributed by atoms with Crippen molar-refractivity contribution in [2.75, 3.05) is 23.8 Å². The lowest BCUT2D eigenvalue weighted by molar-refractivity contribution is -0.140. The number of amides is 4. The number of hydrogen-bond acceptors (Lipinski definition) is 4. The van der Waals surface area contributed by atoms with Crippen LogP contribution in [0.15, 0.2) is 53.7 Å². The molecule has 0 spiro atoms. The van der Waals surface area contributed by atoms with Gasteiger partial charge in [-0.2, -0.15) is 0 Å². The Balaban J connectivity index is 1.80. The van der Waals surface area contributed by atoms with Crippen molar-refractivity contribution in [2.45, 2.75) is 54.0 Å². The lowest BCUT2D eigenvalue weighted by atomic mass is 9.94. The molecule has 1 aliphatic heterocycles. The maximum atomic E-state index is 13.1. The Morgan fingerprint density at radius 3 is 2.36 bits per heavy atom. The third-order valence-corrected chi connectivity index (χ3v) is 5.94. The smallest absolute Gasteiger partial charge is 0.338 e. The average molecular weight is 493 g/mol. The largest absolute Gasteiger partial charge is 0.462 e. The van der Waals surface area contributed by atoms with Crippen LogP contribution in [0.1, 0.15) is 56.8 Å². The van der Waals surface area contributed by atoms with E-state index in [2.05, 4.69) is 16.0 Å². The average Bonchev–Trinajstić information content (AvgIpc) is 2.82. The lowest BCUT2D eigenvalue weighted by Gasteiger charge is -2.35. The van der Waals surface area contributed by atoms with E-state index in [1.165, 1.54) is 0 Å². The molecule has 2 aromatic carbocycles. The summed E-state index contributed by atoms with van der Waals surface area (Å²) in [6, 6.07) is 11.6. The highest BCUT2D eigenvalue weighted by Crippen LogP contribution is 2.32. The fourth-order valence-corrected chi connectivity index (χ4v) is 4.11. The van der Waals surface area contributed by atoms with Gasteiger partial charge in [-0.1, -0.05) is 50.6 Å². The number of nitrogens with zero attached hydrogens (tertiary/aromatic N) is 1. The molecule has 0 aromatic heterocycles. The second-order valence-electron chi connectivity index (χ2n) is 9.55. The quantitative estimate of drug-likeness (QED) is 0.400. The van der Waals surface area contributed by atoms with Crippen LogP contribution < -0.4 is 16.0 Å². The topological polar surface area (TPSA) is 99.8 Å². The fourth-order valence-electron chi connectivity index (χ4n) is 4.11. The molecule has 8 nitrogen and oxygen atoms in total. The predicted molar refractivity (Wildman–Crippen MR) is 142 cm³/mol. The molecule has 0 aliphatic carbocycles. The van der Waals surface area contributed by atoms with Crippen molar-refractivity contribution in [1.82, 2.24) is 10.2 Å². The number of hydrogen-bond donors (Lipinski definition) is 3. The summed E-state index contributed by atoms with van der Waals surface area (Å²) in [4.78, 5) is 40.0. The minimum atomic E-state index is -0.650. The first-order chi connectivity index (χ1) is 17.1. The highest BCUT2D eigenvalue weighted by atomic mass is 16.5. The van der Waals surface area contributed by atoms with Gasteiger partial charge in [-0.05, 0) is 62.4 Å². The van der Waals surface area contributed by atoms with Crippen molar-refractivity contribution in [2.24, 2.45) is 5.92 Å². The third kappa shape index (κ3) is 6.44. The molecule has 0 radical (unpaired) electrons. The van der Waals surface area contributed by atoms with Gasteiger partial charge in [-0.25, -0.2) is 14.4 Å². The van der Waals surface area contributed by atoms with E-state index in [0.717, 1.165) is 28.8 Å². The molecule has 0 bridgehead atoms. The number of ether oxygens (including phenoxy) is 1. The van der Waals surface area contributed by atoms with Gasteiger partial charge in [-0.15, -0.1) is 0 Å². The van der Waals surface area contributed by atoms with Gasteiger partial charge in [0.15, 0.2) is 0 Å². The number of carbonyl (C=O) groups is 3. The van der Waals surface area contributed by atoms with E-state index in [4.69, 9.17) is 4.74 Å². The number of urea groups is 2. The SMILES string of the molecule is CCCN1C(=O)NC(c2ccc(NC(=O)Nc3ccc(C)cc3C)cc2)C(C(=O)OCC(C)C)=C1C. The molecule has 1 atom stereocenters. The summed E-state index contributed by atoms with van der Waals surface area (Å²) in [6.45, 7) is 12.4. The fraction of sp³-hybridized carbons (Fsp3) is 0.393. The van der Waals surface area contributed by atoms with Gasteiger partial charge in [0.05, 0.1) is 18.2 Å². The van der Waals surface area contributed by atoms with Gasteiger partial charge < -0.3 is 20.7 Å². The molecule has 1 aliphatic rings. The maximum Gasteiger partial charge on any atom is 0.338 e. The normalized spacial score (nSPS) is 15.6. The summed E-state index contributed by atoms with van der Waals surface area (Å²) in [5.74, 6) is -0.249. The van der Waals surface area contributed by atoms with Gasteiger partial charge in [0.2, 0.25) is 0 Å². The predicted octanol–water partition coefficient (Wildman–Crippen LogP) is 5.90. The highest BCUT2D eigenvalue weighted by Gasteiger charge is 2.36. The number of esters is 1. The summed E-state index contributed by atoms with van der Waals surface area (Å²) in [7, 11) is 0. The van der Waals surface area contributed by atoms with Crippen molar-refractivity contribution in [1.29, 1.82) is 0 Å². The second-order valence-corrected chi connectivity index (χ2v) is 9.55. The molecule has 0 saturated heterocycles. The molecule has 0 fully saturated rings. The van der Waals surface area contributed by atoms with Crippen LogP contribution in [0, 0.1) is 19.8 Å². The Morgan fingerprint density at radius 1 is 1.06 bits per heavy atom. The second kappa shape index (κ2) is 11.7. The Bertz CT molecular complexity index is 1150. The molecule has 1 unspecified atom stereocenters. The molecular formula is C28H36N4O4. The Morgan fingerprint density at radius 2 is 1.75 bits per heavy atom. The van der Waals surface area contributed by atoms with Crippen molar-refractivity contribution < 1.29 is 19.1 Å². The Kier molecular flexibility index (Phi) is 8.74. The third-order valence-electron chi connectivity index (χ3n) is 5.94. The number of nitrogens with one attached hydrogen (secondary N) is 3. The summed E-state index contributed by atoms with van der Waals surface area (Å²) < 4.78 is 5.54. The minimum Gasteiger partial charge on any atom is -0.462 e. The zero-order valence-corrected chi connectivity index (χ0v) is 21.9. The summed E-state index contributed by atoms with van der Waals surface area (Å²) in [5.41, 5.74) is 5.15. The first kappa shape index (κ1) is 26.8. The Hall–Kier alpha value is -3.81. The van der Waals surface area contributed by atoms with Crippen LogP contribution in [0.5, 0.6) is 0 Å². The molecular weight excluding hydrogens is 456 g/mol. The van der Waals surface area contributed by atoms with E-state index in [9.17, 15) is 14.4 Å². The van der Waals surface area contributed by atoms with Crippen molar-refractivity contribution in [3.8, 4) is 0 Å². The van der Waals surface area contributed by atoms with Gasteiger partial charge in [0.25, 0.3) is 0 Å². The van der Waals surface area contributed by atoms with Crippen LogP contribution in [0.3, 0.4) is 0 Å². The zero-order valence-electron chi connectivity index (χ0n) is 21.9. The number of aryl methyl sites for hydroxylation is 2. The molecule has 8 heteroatoms. The zero-order chi connectivity index (χ0) is 26.4. The van der Waals surface area contributed by atoms with Crippen LogP contribution >= 0.6 is 0 Å². The maximum absolute atomic E-state index is 13.1. The van der Waals surface area contributed by atoms with Gasteiger partial charge in [-0.3, -0.25) is 4.90 Å². The van der Waals surface area contributed by atoms with E-state index in [-0.39, 0.29) is 18.0 Å². The van der Waals surface area contributed by atoms with Crippen molar-refractivity contribution in [3.05, 3.63) is 70.4 Å². The number of allylic oxidation sites excluding steroid dienone is 1. The molecule has 1 heterocycles. The summed E-state index contributed by atoms with van der Waals surface area (Å²) in [5, 5.41) is 8.63. The van der Waals surface area contributed by atoms with E-state index in [1.54, 1.807) is 36.1 Å². The summed E-state index contributed by atoms with van der Waals surface area (Å²) in [6.07, 6.45) is 0.758. The molecule has 4 amide bonds. The van der Waals surface area contributed by atoms with Crippen LogP contribution in [0.4, 0.5) is 21.0 Å². The number of rotatable bonds is 8. The number of benzene rings is 2. The monoisotopic (exact) mass is 492 g/mol. The molecule has 36 heavy (non-hydrogen) atoms. The van der Waals surface area contributed by atoms with Crippen LogP contribution in [0.25, 0.3) is 0 Å². The standard InChI is InChI=1S/C28H36N4O4/c1-7-14-32-20(6)24(26(33)36-16-17(2)3)25(31-28(32)35)21-9-11-22(12-10-21)29-27(34)30-23-13-8-18(4)15-19(23)5/h8-13,15,17,25H,7,14,16H2,1-6H3,(H,31,35)(H2,29,30,34). The first-order valence-electron chi connectivity index (χ1n) is 12.3. The van der Waals surface area contributed by atoms with E-state index >= 15 is 0 Å². The molecule has 3 rings (SSSR count). The molecule has 2 aromatic rings. The minimum absolute atomic E-state index is 0.193. The van der Waals surface area contributed by atoms with Gasteiger partial charge in [0, 0.05) is 23.6 Å². The van der Waals surface area contributed by atoms with E-state index in [0.29, 0.717) is 30.1 Å². The van der Waals surface area contributed by atoms with Crippen molar-refractivity contribution in [3.63, 3.8) is 0 Å². The van der Waals surface area contributed by atoms with Crippen LogP contribution in [0.2, 0.25) is 0 Å². The number of carbonyl (C=O) groups excluding carboxylic acids is 3. The van der Waals surface area contributed by atoms with Crippen LogP contribution in [-0.4, -0.2) is 36.1 Å². The first-order valence-corrected chi connectivity index (χ1v) is 12.3. The lowest BCUT2D eigenvalue weighted by Crippen LogP contribution is -2.48. The molecule has 0 saturated carbocycles. The highest BCUT2D eigenvalue weighted by molar-refractivity contribution is 6.00. The van der Waals surface area contributed by atoms with E-state index in [1.807, 2.05) is 52.8 Å². The van der Waals surface area contributed by atoms with E-state index < -0.39 is 12.0 Å². The van der Waals surface area contributed by atoms with Gasteiger partial charge in [0.1, 0.15) is 0 Å². The Labute approximate surface area is 213 Å². The number of anilines is 2. The van der Waals surface area contributed by atoms with Gasteiger partial charge >= 0.3 is 18.0 Å². The van der Waals surface area contributed by atoms with Crippen LogP contribution in [-0.2, 0) is 9.53 Å². The van der Waals surface area contributed by atoms with Crippen molar-refractivity contribution >= 4 is 29.4 Å². The molecule has 3 N–H and O–H groups in total. The molecule has 192 valence electrons. The summed E-state index contributed by atoms with van der Waals surface area (Å²) >= 11 is 0.